The Kier molecular flexibility index (Phi) is 9.52. The van der Waals surface area contributed by atoms with Crippen LogP contribution < -0.4 is 28.1 Å². The summed E-state index contributed by atoms with van der Waals surface area (Å²) in [5.74, 6) is -0.236. The average molecular weight is 643 g/mol. The molecule has 6 rings (SSSR count). The Morgan fingerprint density at radius 3 is 1.80 bits per heavy atom. The summed E-state index contributed by atoms with van der Waals surface area (Å²) in [6, 6.07) is 33.8. The van der Waals surface area contributed by atoms with E-state index in [1.807, 2.05) is 60.7 Å². The fourth-order valence-corrected chi connectivity index (χ4v) is 14.5. The Hall–Kier alpha value is -2.97. The fraction of sp³-hybridized carbons (Fsp3) is 0.114. The van der Waals surface area contributed by atoms with E-state index in [9.17, 15) is 9.59 Å². The molecule has 0 N–H and O–H groups in total. The van der Waals surface area contributed by atoms with Gasteiger partial charge >= 0.3 is 233 Å². The second-order valence-corrected chi connectivity index (χ2v) is 16.2. The SMILES string of the molecule is CC1=C[CH]([Zr+2](=[C](C(=O)c2ccccc2)C(=O)c2ccccc2)[c]2cccc3c2Cc2ccccc2-3)C(C)=C1.[Cl-].[Cl-]. The van der Waals surface area contributed by atoms with Crippen LogP contribution in [0.25, 0.3) is 11.1 Å². The number of ketones is 2. The summed E-state index contributed by atoms with van der Waals surface area (Å²) in [6.07, 6.45) is 5.37. The van der Waals surface area contributed by atoms with E-state index in [0.717, 1.165) is 6.42 Å². The summed E-state index contributed by atoms with van der Waals surface area (Å²) in [7, 11) is 0. The molecule has 4 aromatic carbocycles. The smallest absolute Gasteiger partial charge is 1.00 e. The number of allylic oxidation sites excluding steroid dienone is 4. The van der Waals surface area contributed by atoms with Crippen LogP contribution in [0.5, 0.6) is 0 Å². The zero-order chi connectivity index (χ0) is 26.2. The minimum atomic E-state index is -3.25. The number of fused-ring (bicyclic) bond motifs is 3. The number of carbonyl (C=O) groups excluding carboxylic acids is 2. The van der Waals surface area contributed by atoms with Crippen molar-refractivity contribution in [3.63, 3.8) is 0 Å². The van der Waals surface area contributed by atoms with Crippen LogP contribution in [0.1, 0.15) is 45.7 Å². The van der Waals surface area contributed by atoms with Crippen molar-refractivity contribution in [2.45, 2.75) is 23.9 Å². The van der Waals surface area contributed by atoms with Gasteiger partial charge in [0, 0.05) is 0 Å². The number of rotatable bonds is 6. The maximum absolute atomic E-state index is 14.4. The quantitative estimate of drug-likeness (QED) is 0.206. The first-order valence-electron chi connectivity index (χ1n) is 13.0. The van der Waals surface area contributed by atoms with Crippen LogP contribution in [0, 0.1) is 0 Å². The van der Waals surface area contributed by atoms with Gasteiger partial charge in [0.25, 0.3) is 0 Å². The van der Waals surface area contributed by atoms with Crippen molar-refractivity contribution >= 4 is 18.0 Å². The molecular formula is C35H28Cl2O2Zr. The van der Waals surface area contributed by atoms with Gasteiger partial charge in [0.2, 0.25) is 0 Å². The topological polar surface area (TPSA) is 34.1 Å². The van der Waals surface area contributed by atoms with E-state index in [1.165, 1.54) is 36.7 Å². The van der Waals surface area contributed by atoms with Crippen molar-refractivity contribution in [1.29, 1.82) is 0 Å². The first-order chi connectivity index (χ1) is 18.5. The standard InChI is InChI=1S/C15H10O2.C13H9.C7H9.2ClH.Zr/c16-14(12-7-3-1-4-8-12)11-15(17)13-9-5-2-6-10-13;1-3-7-12-10(5-1)9-11-6-2-4-8-13(11)12;1-6-3-4-7(2)5-6;;;/h1-10H;1-5,7-8H,9H2;3-5H,1-2H3;2*1H;/q;;;;;+2/p-2. The van der Waals surface area contributed by atoms with Crippen LogP contribution >= 0.6 is 0 Å². The molecule has 198 valence electrons. The second-order valence-electron chi connectivity index (χ2n) is 10.1. The molecule has 0 amide bonds. The number of hydrogen-bond acceptors (Lipinski definition) is 2. The van der Waals surface area contributed by atoms with E-state index in [1.54, 1.807) is 0 Å². The zero-order valence-electron chi connectivity index (χ0n) is 22.3. The first-order valence-corrected chi connectivity index (χ1v) is 16.9. The van der Waals surface area contributed by atoms with Crippen molar-refractivity contribution in [3.05, 3.63) is 149 Å². The van der Waals surface area contributed by atoms with Crippen LogP contribution in [0.4, 0.5) is 0 Å². The number of carbonyl (C=O) groups is 2. The summed E-state index contributed by atoms with van der Waals surface area (Å²) in [4.78, 5) is 28.8. The van der Waals surface area contributed by atoms with Gasteiger partial charge in [-0.25, -0.2) is 0 Å². The van der Waals surface area contributed by atoms with E-state index in [2.05, 4.69) is 68.5 Å². The molecule has 1 atom stereocenters. The van der Waals surface area contributed by atoms with Gasteiger partial charge < -0.3 is 24.8 Å². The van der Waals surface area contributed by atoms with Gasteiger partial charge in [-0.05, 0) is 0 Å². The number of Topliss-reactive ketones (excluding diaryl/α,β-unsaturated/α-hetero) is 2. The minimum Gasteiger partial charge on any atom is -1.00 e. The molecule has 40 heavy (non-hydrogen) atoms. The van der Waals surface area contributed by atoms with Crippen molar-refractivity contribution in [3.8, 4) is 11.1 Å². The third-order valence-electron chi connectivity index (χ3n) is 7.62. The average Bonchev–Trinajstić information content (AvgIpc) is 3.50. The maximum atomic E-state index is 14.4. The van der Waals surface area contributed by atoms with E-state index in [0.29, 0.717) is 14.3 Å². The van der Waals surface area contributed by atoms with E-state index >= 15 is 0 Å². The molecule has 2 aliphatic rings. The zero-order valence-corrected chi connectivity index (χ0v) is 26.3. The molecule has 0 bridgehead atoms. The third-order valence-corrected chi connectivity index (χ3v) is 15.7. The van der Waals surface area contributed by atoms with Gasteiger partial charge in [-0.3, -0.25) is 0 Å². The summed E-state index contributed by atoms with van der Waals surface area (Å²) in [5.41, 5.74) is 8.76. The molecule has 0 spiro atoms. The van der Waals surface area contributed by atoms with Gasteiger partial charge in [0.1, 0.15) is 0 Å². The normalized spacial score (nSPS) is 14.3. The minimum absolute atomic E-state index is 0. The van der Waals surface area contributed by atoms with Crippen LogP contribution in [0.15, 0.2) is 126 Å². The van der Waals surface area contributed by atoms with E-state index in [-0.39, 0.29) is 40.0 Å². The molecule has 0 saturated heterocycles. The van der Waals surface area contributed by atoms with Gasteiger partial charge in [0.15, 0.2) is 0 Å². The van der Waals surface area contributed by atoms with Crippen LogP contribution in [0.3, 0.4) is 0 Å². The van der Waals surface area contributed by atoms with Gasteiger partial charge in [0.05, 0.1) is 0 Å². The Labute approximate surface area is 255 Å². The molecule has 0 aliphatic heterocycles. The first kappa shape index (κ1) is 30.0. The Morgan fingerprint density at radius 1 is 0.675 bits per heavy atom. The summed E-state index contributed by atoms with van der Waals surface area (Å²) in [5, 5.41) is 0. The molecule has 4 aromatic rings. The van der Waals surface area contributed by atoms with E-state index in [4.69, 9.17) is 0 Å². The predicted octanol–water partition coefficient (Wildman–Crippen LogP) is 1.14. The molecule has 1 unspecified atom stereocenters. The maximum Gasteiger partial charge on any atom is -1.00 e. The summed E-state index contributed by atoms with van der Waals surface area (Å²) in [6.45, 7) is 4.28. The summed E-state index contributed by atoms with van der Waals surface area (Å²) >= 11 is -3.25. The van der Waals surface area contributed by atoms with E-state index < -0.39 is 21.3 Å². The van der Waals surface area contributed by atoms with Crippen molar-refractivity contribution in [2.24, 2.45) is 0 Å². The van der Waals surface area contributed by atoms with Crippen LogP contribution in [-0.2, 0) is 27.7 Å². The number of benzene rings is 4. The van der Waals surface area contributed by atoms with Crippen molar-refractivity contribution < 1.29 is 55.7 Å². The third kappa shape index (κ3) is 5.48. The van der Waals surface area contributed by atoms with Gasteiger partial charge in [-0.15, -0.1) is 0 Å². The molecule has 5 heteroatoms. The molecule has 0 heterocycles. The largest absolute Gasteiger partial charge is 1.00 e. The van der Waals surface area contributed by atoms with Crippen LogP contribution in [-0.4, -0.2) is 14.8 Å². The van der Waals surface area contributed by atoms with Crippen molar-refractivity contribution in [2.75, 3.05) is 0 Å². The molecule has 2 nitrogen and oxygen atoms in total. The van der Waals surface area contributed by atoms with Gasteiger partial charge in [-0.1, -0.05) is 0 Å². The van der Waals surface area contributed by atoms with Crippen LogP contribution in [0.2, 0.25) is 3.63 Å². The molecular weight excluding hydrogens is 615 g/mol. The monoisotopic (exact) mass is 640 g/mol. The molecule has 0 aromatic heterocycles. The Morgan fingerprint density at radius 2 is 1.23 bits per heavy atom. The Bertz CT molecular complexity index is 1630. The molecule has 0 radical (unpaired) electrons. The molecule has 0 fully saturated rings. The predicted molar refractivity (Wildman–Crippen MR) is 152 cm³/mol. The number of hydrogen-bond donors (Lipinski definition) is 0. The number of halogens is 2. The van der Waals surface area contributed by atoms with Gasteiger partial charge in [-0.2, -0.15) is 0 Å². The molecule has 2 aliphatic carbocycles. The summed E-state index contributed by atoms with van der Waals surface area (Å²) < 4.78 is 1.90. The fourth-order valence-electron chi connectivity index (χ4n) is 5.89. The Balaban J connectivity index is 0.00000185. The molecule has 0 saturated carbocycles. The second kappa shape index (κ2) is 12.7. The van der Waals surface area contributed by atoms with Crippen molar-refractivity contribution in [1.82, 2.24) is 0 Å².